The van der Waals surface area contributed by atoms with Crippen molar-refractivity contribution in [3.05, 3.63) is 106 Å². The third-order valence-electron chi connectivity index (χ3n) is 7.56. The molecule has 0 aliphatic heterocycles. The van der Waals surface area contributed by atoms with Crippen LogP contribution in [-0.4, -0.2) is 27.2 Å². The lowest BCUT2D eigenvalue weighted by molar-refractivity contribution is -0.143. The Morgan fingerprint density at radius 2 is 1.50 bits per heavy atom. The Bertz CT molecular complexity index is 1840. The fraction of sp³-hybridized carbons (Fsp3) is 0.265. The second kappa shape index (κ2) is 12.5. The number of para-hydroxylation sites is 1. The predicted octanol–water partition coefficient (Wildman–Crippen LogP) is 9.08. The van der Waals surface area contributed by atoms with Gasteiger partial charge in [-0.3, -0.25) is 0 Å². The van der Waals surface area contributed by atoms with E-state index in [1.54, 1.807) is 0 Å². The molecule has 0 atom stereocenters. The van der Waals surface area contributed by atoms with Crippen LogP contribution in [0.5, 0.6) is 11.5 Å². The van der Waals surface area contributed by atoms with E-state index in [1.165, 1.54) is 12.0 Å². The van der Waals surface area contributed by atoms with Crippen LogP contribution in [0.25, 0.3) is 22.2 Å². The van der Waals surface area contributed by atoms with Crippen LogP contribution in [-0.2, 0) is 25.4 Å². The van der Waals surface area contributed by atoms with Crippen LogP contribution < -0.4 is 9.64 Å². The molecule has 1 N–H and O–H groups in total. The lowest BCUT2D eigenvalue weighted by Crippen LogP contribution is -2.25. The standard InChI is InChI=1S/C34H30F6N4O2/c1-19(2)22-8-9-29(46-4)28(13-22)31-24(12-23-7-5-6-20(3)30(23)43-31)18-44(32-41-15-27(45)16-42-32)17-21-10-25(33(35,36)37)14-26(11-21)34(38,39)40/h5-16,19,45H,17-18H2,1-4H3. The number of halogens is 6. The first-order valence-electron chi connectivity index (χ1n) is 14.3. The number of aromatic hydroxyl groups is 1. The van der Waals surface area contributed by atoms with Crippen molar-refractivity contribution in [3.8, 4) is 22.8 Å². The number of alkyl halides is 6. The van der Waals surface area contributed by atoms with Gasteiger partial charge in [-0.1, -0.05) is 38.1 Å². The van der Waals surface area contributed by atoms with Crippen LogP contribution in [0.3, 0.4) is 0 Å². The number of ether oxygens (including phenoxy) is 1. The first kappa shape index (κ1) is 32.5. The third kappa shape index (κ3) is 7.00. The van der Waals surface area contributed by atoms with Crippen molar-refractivity contribution < 1.29 is 36.2 Å². The van der Waals surface area contributed by atoms with Crippen LogP contribution in [0.2, 0.25) is 0 Å². The van der Waals surface area contributed by atoms with E-state index in [4.69, 9.17) is 9.72 Å². The van der Waals surface area contributed by atoms with Crippen LogP contribution in [0.4, 0.5) is 32.3 Å². The minimum atomic E-state index is -5.01. The molecule has 5 rings (SSSR count). The highest BCUT2D eigenvalue weighted by atomic mass is 19.4. The summed E-state index contributed by atoms with van der Waals surface area (Å²) in [6.45, 7) is 5.51. The number of nitrogens with zero attached hydrogens (tertiary/aromatic N) is 4. The summed E-state index contributed by atoms with van der Waals surface area (Å²) in [5.41, 5.74) is 1.30. The van der Waals surface area contributed by atoms with Gasteiger partial charge in [-0.05, 0) is 71.5 Å². The zero-order valence-corrected chi connectivity index (χ0v) is 25.3. The smallest absolute Gasteiger partial charge is 0.416 e. The number of rotatable bonds is 8. The SMILES string of the molecule is COc1ccc(C(C)C)cc1-c1nc2c(C)cccc2cc1CN(Cc1cc(C(F)(F)F)cc(C(F)(F)F)c1)c1ncc(O)cn1. The van der Waals surface area contributed by atoms with E-state index < -0.39 is 30.0 Å². The largest absolute Gasteiger partial charge is 0.505 e. The highest BCUT2D eigenvalue weighted by Crippen LogP contribution is 2.39. The van der Waals surface area contributed by atoms with Gasteiger partial charge in [0.2, 0.25) is 5.95 Å². The zero-order chi connectivity index (χ0) is 33.4. The lowest BCUT2D eigenvalue weighted by atomic mass is 9.95. The Balaban J connectivity index is 1.71. The summed E-state index contributed by atoms with van der Waals surface area (Å²) < 4.78 is 88.0. The van der Waals surface area contributed by atoms with Gasteiger partial charge in [-0.15, -0.1) is 0 Å². The number of hydrogen-bond donors (Lipinski definition) is 1. The normalized spacial score (nSPS) is 12.2. The molecule has 2 aromatic heterocycles. The van der Waals surface area contributed by atoms with Gasteiger partial charge in [-0.2, -0.15) is 26.3 Å². The summed E-state index contributed by atoms with van der Waals surface area (Å²) in [7, 11) is 1.53. The van der Waals surface area contributed by atoms with Crippen LogP contribution in [0.15, 0.2) is 73.1 Å². The molecule has 0 aliphatic rings. The number of pyridine rings is 1. The van der Waals surface area contributed by atoms with E-state index in [2.05, 4.69) is 9.97 Å². The van der Waals surface area contributed by atoms with Gasteiger partial charge in [0.15, 0.2) is 5.75 Å². The van der Waals surface area contributed by atoms with E-state index in [1.807, 2.05) is 63.2 Å². The molecule has 240 valence electrons. The summed E-state index contributed by atoms with van der Waals surface area (Å²) in [6, 6.07) is 14.7. The summed E-state index contributed by atoms with van der Waals surface area (Å²) in [5, 5.41) is 10.6. The molecule has 5 aromatic rings. The van der Waals surface area contributed by atoms with Crippen LogP contribution in [0, 0.1) is 6.92 Å². The highest BCUT2D eigenvalue weighted by Gasteiger charge is 2.37. The molecule has 0 spiro atoms. The molecule has 46 heavy (non-hydrogen) atoms. The first-order valence-corrected chi connectivity index (χ1v) is 14.3. The monoisotopic (exact) mass is 640 g/mol. The van der Waals surface area contributed by atoms with Crippen molar-refractivity contribution in [3.63, 3.8) is 0 Å². The summed E-state index contributed by atoms with van der Waals surface area (Å²) in [6.07, 6.45) is -7.83. The van der Waals surface area contributed by atoms with Gasteiger partial charge < -0.3 is 14.7 Å². The van der Waals surface area contributed by atoms with E-state index >= 15 is 0 Å². The minimum Gasteiger partial charge on any atom is -0.505 e. The highest BCUT2D eigenvalue weighted by molar-refractivity contribution is 5.87. The molecule has 0 aliphatic carbocycles. The molecule has 0 saturated heterocycles. The lowest BCUT2D eigenvalue weighted by Gasteiger charge is -2.26. The Kier molecular flexibility index (Phi) is 8.83. The Hall–Kier alpha value is -4.87. The fourth-order valence-electron chi connectivity index (χ4n) is 5.23. The number of benzene rings is 3. The number of hydrogen-bond acceptors (Lipinski definition) is 6. The van der Waals surface area contributed by atoms with Crippen molar-refractivity contribution in [2.45, 2.75) is 52.1 Å². The van der Waals surface area contributed by atoms with E-state index in [9.17, 15) is 31.4 Å². The number of methoxy groups -OCH3 is 1. The molecule has 2 heterocycles. The van der Waals surface area contributed by atoms with E-state index in [0.717, 1.165) is 34.4 Å². The van der Waals surface area contributed by atoms with Gasteiger partial charge in [0, 0.05) is 24.0 Å². The molecule has 0 saturated carbocycles. The molecule has 6 nitrogen and oxygen atoms in total. The van der Waals surface area contributed by atoms with Crippen LogP contribution >= 0.6 is 0 Å². The third-order valence-corrected chi connectivity index (χ3v) is 7.56. The van der Waals surface area contributed by atoms with Crippen LogP contribution in [0.1, 0.15) is 53.1 Å². The molecule has 0 radical (unpaired) electrons. The average Bonchev–Trinajstić information content (AvgIpc) is 2.99. The van der Waals surface area contributed by atoms with Crippen molar-refractivity contribution >= 4 is 16.9 Å². The Labute approximate surface area is 261 Å². The maximum atomic E-state index is 13.7. The number of aromatic nitrogens is 3. The van der Waals surface area contributed by atoms with Gasteiger partial charge >= 0.3 is 12.4 Å². The first-order chi connectivity index (χ1) is 21.6. The molecular formula is C34H30F6N4O2. The van der Waals surface area contributed by atoms with E-state index in [-0.39, 0.29) is 35.8 Å². The van der Waals surface area contributed by atoms with Gasteiger partial charge in [0.05, 0.1) is 41.8 Å². The molecule has 0 unspecified atom stereocenters. The maximum Gasteiger partial charge on any atom is 0.416 e. The minimum absolute atomic E-state index is 0.0260. The number of aryl methyl sites for hydroxylation is 1. The summed E-state index contributed by atoms with van der Waals surface area (Å²) in [4.78, 5) is 14.7. The van der Waals surface area contributed by atoms with Crippen molar-refractivity contribution in [2.75, 3.05) is 12.0 Å². The van der Waals surface area contributed by atoms with Crippen molar-refractivity contribution in [1.29, 1.82) is 0 Å². The quantitative estimate of drug-likeness (QED) is 0.171. The van der Waals surface area contributed by atoms with Gasteiger partial charge in [0.25, 0.3) is 0 Å². The second-order valence-corrected chi connectivity index (χ2v) is 11.3. The zero-order valence-electron chi connectivity index (χ0n) is 25.3. The Morgan fingerprint density at radius 1 is 0.848 bits per heavy atom. The maximum absolute atomic E-state index is 13.7. The molecule has 0 amide bonds. The summed E-state index contributed by atoms with van der Waals surface area (Å²) >= 11 is 0. The molecule has 12 heteroatoms. The Morgan fingerprint density at radius 3 is 2.09 bits per heavy atom. The van der Waals surface area contributed by atoms with Gasteiger partial charge in [-0.25, -0.2) is 15.0 Å². The average molecular weight is 641 g/mol. The number of fused-ring (bicyclic) bond motifs is 1. The topological polar surface area (TPSA) is 71.4 Å². The number of anilines is 1. The predicted molar refractivity (Wildman–Crippen MR) is 163 cm³/mol. The second-order valence-electron chi connectivity index (χ2n) is 11.3. The van der Waals surface area contributed by atoms with Crippen molar-refractivity contribution in [2.24, 2.45) is 0 Å². The fourth-order valence-corrected chi connectivity index (χ4v) is 5.23. The molecule has 0 fully saturated rings. The van der Waals surface area contributed by atoms with E-state index in [0.29, 0.717) is 34.7 Å². The molecule has 3 aromatic carbocycles. The molecule has 0 bridgehead atoms. The van der Waals surface area contributed by atoms with Crippen molar-refractivity contribution in [1.82, 2.24) is 15.0 Å². The van der Waals surface area contributed by atoms with Gasteiger partial charge in [0.1, 0.15) is 5.75 Å². The molecular weight excluding hydrogens is 610 g/mol. The summed E-state index contributed by atoms with van der Waals surface area (Å²) in [5.74, 6) is 0.412.